The minimum absolute atomic E-state index is 0.335. The lowest BCUT2D eigenvalue weighted by molar-refractivity contribution is 0.387. The lowest BCUT2D eigenvalue weighted by Crippen LogP contribution is -2.43. The Balaban J connectivity index is 2.46. The molecule has 0 radical (unpaired) electrons. The van der Waals surface area contributed by atoms with Crippen molar-refractivity contribution in [3.63, 3.8) is 0 Å². The summed E-state index contributed by atoms with van der Waals surface area (Å²) in [5.41, 5.74) is 2.49. The van der Waals surface area contributed by atoms with Crippen LogP contribution in [0.15, 0.2) is 9.52 Å². The molecule has 1 heterocycles. The third kappa shape index (κ3) is 4.26. The van der Waals surface area contributed by atoms with Crippen LogP contribution >= 0.6 is 0 Å². The van der Waals surface area contributed by atoms with Crippen LogP contribution in [0, 0.1) is 12.8 Å². The quantitative estimate of drug-likeness (QED) is 0.288. The molecule has 7 heteroatoms. The van der Waals surface area contributed by atoms with Crippen LogP contribution in [0.3, 0.4) is 0 Å². The van der Waals surface area contributed by atoms with Crippen LogP contribution in [0.25, 0.3) is 0 Å². The maximum absolute atomic E-state index is 5.32. The van der Waals surface area contributed by atoms with E-state index in [1.165, 1.54) is 0 Å². The summed E-state index contributed by atoms with van der Waals surface area (Å²) >= 11 is 0. The SMILES string of the molecule is Cc1nc(CN=C(NN)NCC(C)C)no1. The van der Waals surface area contributed by atoms with Gasteiger partial charge < -0.3 is 9.84 Å². The van der Waals surface area contributed by atoms with Crippen LogP contribution in [0.1, 0.15) is 25.6 Å². The fourth-order valence-corrected chi connectivity index (χ4v) is 1.01. The standard InChI is InChI=1S/C9H18N6O/c1-6(2)4-11-9(14-10)12-5-8-13-7(3)16-15-8/h6H,4-5,10H2,1-3H3,(H2,11,12,14). The van der Waals surface area contributed by atoms with E-state index in [1.54, 1.807) is 6.92 Å². The predicted octanol–water partition coefficient (Wildman–Crippen LogP) is -0.0571. The zero-order valence-electron chi connectivity index (χ0n) is 9.82. The lowest BCUT2D eigenvalue weighted by atomic mass is 10.2. The summed E-state index contributed by atoms with van der Waals surface area (Å²) in [5.74, 6) is 7.43. The van der Waals surface area contributed by atoms with E-state index < -0.39 is 0 Å². The number of aromatic nitrogens is 2. The number of aryl methyl sites for hydroxylation is 1. The van der Waals surface area contributed by atoms with Gasteiger partial charge in [0.05, 0.1) is 0 Å². The molecule has 0 aliphatic heterocycles. The second-order valence-electron chi connectivity index (χ2n) is 3.81. The molecule has 90 valence electrons. The summed E-state index contributed by atoms with van der Waals surface area (Å²) < 4.78 is 4.83. The van der Waals surface area contributed by atoms with Crippen molar-refractivity contribution in [3.05, 3.63) is 11.7 Å². The van der Waals surface area contributed by atoms with Crippen molar-refractivity contribution < 1.29 is 4.52 Å². The molecule has 0 atom stereocenters. The molecule has 0 amide bonds. The second-order valence-corrected chi connectivity index (χ2v) is 3.81. The molecule has 0 aliphatic rings. The fraction of sp³-hybridized carbons (Fsp3) is 0.667. The number of hydrogen-bond donors (Lipinski definition) is 3. The largest absolute Gasteiger partial charge is 0.355 e. The molecular formula is C9H18N6O. The Morgan fingerprint density at radius 2 is 2.31 bits per heavy atom. The Hall–Kier alpha value is -1.63. The molecule has 1 aromatic rings. The van der Waals surface area contributed by atoms with Crippen LogP contribution in [0.5, 0.6) is 0 Å². The number of aliphatic imine (C=N–C) groups is 1. The molecular weight excluding hydrogens is 208 g/mol. The Morgan fingerprint density at radius 3 is 2.81 bits per heavy atom. The first-order chi connectivity index (χ1) is 7.61. The van der Waals surface area contributed by atoms with Gasteiger partial charge in [0.25, 0.3) is 0 Å². The number of rotatable bonds is 4. The molecule has 16 heavy (non-hydrogen) atoms. The van der Waals surface area contributed by atoms with Crippen molar-refractivity contribution in [3.8, 4) is 0 Å². The van der Waals surface area contributed by atoms with E-state index in [2.05, 4.69) is 39.7 Å². The summed E-state index contributed by atoms with van der Waals surface area (Å²) in [6.45, 7) is 7.07. The molecule has 0 unspecified atom stereocenters. The van der Waals surface area contributed by atoms with E-state index in [0.717, 1.165) is 6.54 Å². The molecule has 4 N–H and O–H groups in total. The first kappa shape index (κ1) is 12.4. The monoisotopic (exact) mass is 226 g/mol. The van der Waals surface area contributed by atoms with Crippen molar-refractivity contribution in [2.75, 3.05) is 6.54 Å². The highest BCUT2D eigenvalue weighted by Gasteiger charge is 2.02. The molecule has 0 aromatic carbocycles. The summed E-state index contributed by atoms with van der Waals surface area (Å²) in [5, 5.41) is 6.80. The van der Waals surface area contributed by atoms with Crippen molar-refractivity contribution in [2.24, 2.45) is 16.8 Å². The Kier molecular flexibility index (Phi) is 4.71. The topological polar surface area (TPSA) is 101 Å². The first-order valence-electron chi connectivity index (χ1n) is 5.16. The summed E-state index contributed by atoms with van der Waals surface area (Å²) in [6, 6.07) is 0. The zero-order valence-corrected chi connectivity index (χ0v) is 9.82. The molecule has 0 saturated carbocycles. The summed E-state index contributed by atoms with van der Waals surface area (Å²) in [4.78, 5) is 8.21. The first-order valence-corrected chi connectivity index (χ1v) is 5.16. The van der Waals surface area contributed by atoms with Gasteiger partial charge in [-0.1, -0.05) is 19.0 Å². The van der Waals surface area contributed by atoms with Gasteiger partial charge in [-0.2, -0.15) is 4.98 Å². The van der Waals surface area contributed by atoms with Gasteiger partial charge in [0, 0.05) is 13.5 Å². The third-order valence-corrected chi connectivity index (χ3v) is 1.76. The van der Waals surface area contributed by atoms with Gasteiger partial charge in [0.1, 0.15) is 6.54 Å². The van der Waals surface area contributed by atoms with Gasteiger partial charge >= 0.3 is 0 Å². The maximum Gasteiger partial charge on any atom is 0.223 e. The molecule has 0 saturated heterocycles. The molecule has 0 aliphatic carbocycles. The van der Waals surface area contributed by atoms with E-state index >= 15 is 0 Å². The van der Waals surface area contributed by atoms with Crippen LogP contribution in [0.2, 0.25) is 0 Å². The normalized spacial score (nSPS) is 11.9. The Labute approximate surface area is 94.5 Å². The molecule has 1 rings (SSSR count). The van der Waals surface area contributed by atoms with E-state index in [-0.39, 0.29) is 0 Å². The highest BCUT2D eigenvalue weighted by Crippen LogP contribution is 1.96. The van der Waals surface area contributed by atoms with Gasteiger partial charge in [0.2, 0.25) is 11.9 Å². The third-order valence-electron chi connectivity index (χ3n) is 1.76. The number of guanidine groups is 1. The van der Waals surface area contributed by atoms with Crippen molar-refractivity contribution in [2.45, 2.75) is 27.3 Å². The van der Waals surface area contributed by atoms with Crippen molar-refractivity contribution in [1.82, 2.24) is 20.9 Å². The van der Waals surface area contributed by atoms with Gasteiger partial charge in [-0.3, -0.25) is 5.43 Å². The number of nitrogens with two attached hydrogens (primary N) is 1. The smallest absolute Gasteiger partial charge is 0.223 e. The van der Waals surface area contributed by atoms with Crippen molar-refractivity contribution >= 4 is 5.96 Å². The molecule has 0 bridgehead atoms. The zero-order chi connectivity index (χ0) is 12.0. The van der Waals surface area contributed by atoms with Crippen LogP contribution in [0.4, 0.5) is 0 Å². The van der Waals surface area contributed by atoms with Gasteiger partial charge in [-0.25, -0.2) is 10.8 Å². The average Bonchev–Trinajstić information content (AvgIpc) is 2.64. The van der Waals surface area contributed by atoms with Gasteiger partial charge in [-0.15, -0.1) is 0 Å². The summed E-state index contributed by atoms with van der Waals surface area (Å²) in [6.07, 6.45) is 0. The number of hydrazine groups is 1. The lowest BCUT2D eigenvalue weighted by Gasteiger charge is -2.10. The van der Waals surface area contributed by atoms with Crippen molar-refractivity contribution in [1.29, 1.82) is 0 Å². The van der Waals surface area contributed by atoms with Crippen LogP contribution in [-0.2, 0) is 6.54 Å². The molecule has 7 nitrogen and oxygen atoms in total. The van der Waals surface area contributed by atoms with Gasteiger partial charge in [-0.05, 0) is 5.92 Å². The average molecular weight is 226 g/mol. The highest BCUT2D eigenvalue weighted by atomic mass is 16.5. The van der Waals surface area contributed by atoms with Crippen LogP contribution < -0.4 is 16.6 Å². The van der Waals surface area contributed by atoms with E-state index in [1.807, 2.05) is 0 Å². The van der Waals surface area contributed by atoms with E-state index in [4.69, 9.17) is 10.4 Å². The Morgan fingerprint density at radius 1 is 1.56 bits per heavy atom. The van der Waals surface area contributed by atoms with Crippen LogP contribution in [-0.4, -0.2) is 22.6 Å². The molecule has 0 fully saturated rings. The van der Waals surface area contributed by atoms with Gasteiger partial charge in [0.15, 0.2) is 5.82 Å². The fourth-order valence-electron chi connectivity index (χ4n) is 1.01. The second kappa shape index (κ2) is 6.06. The summed E-state index contributed by atoms with van der Waals surface area (Å²) in [7, 11) is 0. The minimum Gasteiger partial charge on any atom is -0.355 e. The predicted molar refractivity (Wildman–Crippen MR) is 60.3 cm³/mol. The van der Waals surface area contributed by atoms with E-state index in [0.29, 0.717) is 30.1 Å². The molecule has 0 spiro atoms. The Bertz CT molecular complexity index is 346. The number of nitrogens with zero attached hydrogens (tertiary/aromatic N) is 3. The minimum atomic E-state index is 0.335. The number of nitrogens with one attached hydrogen (secondary N) is 2. The van der Waals surface area contributed by atoms with E-state index in [9.17, 15) is 0 Å². The maximum atomic E-state index is 5.32. The highest BCUT2D eigenvalue weighted by molar-refractivity contribution is 5.79. The molecule has 1 aromatic heterocycles. The number of hydrogen-bond acceptors (Lipinski definition) is 5.